The SMILES string of the molecule is CCCC#Cc1cnc2c(c1)C(=O)N([C@@H](C)CO)C[C@H](C)[C@H](CN(C)C(=O)NC1CCCC1)O2. The Kier molecular flexibility index (Phi) is 9.17. The van der Waals surface area contributed by atoms with E-state index in [1.165, 1.54) is 0 Å². The molecule has 0 saturated heterocycles. The Labute approximate surface area is 203 Å². The summed E-state index contributed by atoms with van der Waals surface area (Å²) in [4.78, 5) is 33.9. The first-order valence-corrected chi connectivity index (χ1v) is 12.4. The largest absolute Gasteiger partial charge is 0.472 e. The second-order valence-electron chi connectivity index (χ2n) is 9.56. The van der Waals surface area contributed by atoms with Crippen LogP contribution in [0.15, 0.2) is 12.3 Å². The number of aromatic nitrogens is 1. The molecule has 2 aliphatic rings. The summed E-state index contributed by atoms with van der Waals surface area (Å²) in [6.07, 6.45) is 7.31. The highest BCUT2D eigenvalue weighted by Gasteiger charge is 2.35. The van der Waals surface area contributed by atoms with Crippen LogP contribution in [0.1, 0.15) is 75.2 Å². The molecule has 0 radical (unpaired) electrons. The van der Waals surface area contributed by atoms with E-state index in [9.17, 15) is 14.7 Å². The summed E-state index contributed by atoms with van der Waals surface area (Å²) in [5.74, 6) is 6.06. The number of pyridine rings is 1. The van der Waals surface area contributed by atoms with Gasteiger partial charge in [-0.15, -0.1) is 0 Å². The molecule has 0 spiro atoms. The summed E-state index contributed by atoms with van der Waals surface area (Å²) in [5, 5.41) is 12.9. The van der Waals surface area contributed by atoms with Crippen molar-refractivity contribution < 1.29 is 19.4 Å². The predicted octanol–water partition coefficient (Wildman–Crippen LogP) is 3.04. The number of ether oxygens (including phenoxy) is 1. The summed E-state index contributed by atoms with van der Waals surface area (Å²) in [6.45, 7) is 6.48. The summed E-state index contributed by atoms with van der Waals surface area (Å²) >= 11 is 0. The highest BCUT2D eigenvalue weighted by molar-refractivity contribution is 5.97. The third kappa shape index (κ3) is 6.41. The van der Waals surface area contributed by atoms with Gasteiger partial charge in [0.1, 0.15) is 11.7 Å². The molecule has 8 nitrogen and oxygen atoms in total. The molecule has 34 heavy (non-hydrogen) atoms. The van der Waals surface area contributed by atoms with Crippen molar-refractivity contribution in [1.29, 1.82) is 0 Å². The number of likely N-dealkylation sites (N-methyl/N-ethyl adjacent to an activating group) is 1. The molecular formula is C26H38N4O4. The minimum Gasteiger partial charge on any atom is -0.472 e. The van der Waals surface area contributed by atoms with Crippen molar-refractivity contribution in [3.8, 4) is 17.7 Å². The standard InChI is InChI=1S/C26H38N4O4/c1-5-6-7-10-20-13-22-24(27-14-20)34-23(18(2)15-30(25(22)32)19(3)17-31)16-29(4)26(33)28-21-11-8-9-12-21/h13-14,18-19,21,23,31H,5-6,8-9,11-12,15-17H2,1-4H3,(H,28,33)/t18-,19-,23-/m0/s1. The van der Waals surface area contributed by atoms with Gasteiger partial charge in [-0.3, -0.25) is 4.79 Å². The summed E-state index contributed by atoms with van der Waals surface area (Å²) < 4.78 is 6.26. The molecule has 1 aliphatic carbocycles. The van der Waals surface area contributed by atoms with Crippen LogP contribution in [0.5, 0.6) is 5.88 Å². The lowest BCUT2D eigenvalue weighted by Crippen LogP contribution is -2.52. The fourth-order valence-corrected chi connectivity index (χ4v) is 4.39. The van der Waals surface area contributed by atoms with Crippen molar-refractivity contribution in [2.24, 2.45) is 5.92 Å². The molecule has 1 fully saturated rings. The second kappa shape index (κ2) is 12.1. The first kappa shape index (κ1) is 25.8. The molecule has 2 N–H and O–H groups in total. The minimum atomic E-state index is -0.371. The molecule has 0 unspecified atom stereocenters. The Morgan fingerprint density at radius 3 is 2.82 bits per heavy atom. The number of nitrogens with zero attached hydrogens (tertiary/aromatic N) is 3. The lowest BCUT2D eigenvalue weighted by molar-refractivity contribution is 0.0351. The van der Waals surface area contributed by atoms with Gasteiger partial charge in [-0.1, -0.05) is 38.5 Å². The van der Waals surface area contributed by atoms with Gasteiger partial charge in [0.05, 0.1) is 19.2 Å². The number of carbonyl (C=O) groups excluding carboxylic acids is 2. The lowest BCUT2D eigenvalue weighted by Gasteiger charge is -2.37. The highest BCUT2D eigenvalue weighted by Crippen LogP contribution is 2.27. The molecular weight excluding hydrogens is 432 g/mol. The summed E-state index contributed by atoms with van der Waals surface area (Å²) in [5.41, 5.74) is 0.984. The van der Waals surface area contributed by atoms with E-state index >= 15 is 0 Å². The zero-order chi connectivity index (χ0) is 24.7. The fraction of sp³-hybridized carbons (Fsp3) is 0.654. The van der Waals surface area contributed by atoms with Gasteiger partial charge in [-0.05, 0) is 32.3 Å². The van der Waals surface area contributed by atoms with Gasteiger partial charge in [0.2, 0.25) is 5.88 Å². The van der Waals surface area contributed by atoms with Crippen molar-refractivity contribution in [3.63, 3.8) is 0 Å². The van der Waals surface area contributed by atoms with E-state index in [0.717, 1.165) is 38.5 Å². The molecule has 0 bridgehead atoms. The normalized spacial score (nSPS) is 21.4. The molecule has 8 heteroatoms. The van der Waals surface area contributed by atoms with Crippen LogP contribution in [0.3, 0.4) is 0 Å². The molecule has 186 valence electrons. The Hall–Kier alpha value is -2.79. The lowest BCUT2D eigenvalue weighted by atomic mass is 10.00. The van der Waals surface area contributed by atoms with Crippen LogP contribution in [0, 0.1) is 17.8 Å². The number of amides is 3. The Morgan fingerprint density at radius 1 is 1.41 bits per heavy atom. The van der Waals surface area contributed by atoms with Gasteiger partial charge >= 0.3 is 6.03 Å². The number of hydrogen-bond acceptors (Lipinski definition) is 5. The zero-order valence-electron chi connectivity index (χ0n) is 20.8. The van der Waals surface area contributed by atoms with Crippen LogP contribution in [0.4, 0.5) is 4.79 Å². The van der Waals surface area contributed by atoms with E-state index in [2.05, 4.69) is 29.1 Å². The number of carbonyl (C=O) groups is 2. The van der Waals surface area contributed by atoms with Gasteiger partial charge in [-0.25, -0.2) is 9.78 Å². The maximum absolute atomic E-state index is 13.4. The van der Waals surface area contributed by atoms with Gasteiger partial charge in [0.15, 0.2) is 0 Å². The average molecular weight is 471 g/mol. The van der Waals surface area contributed by atoms with Crippen LogP contribution in [-0.2, 0) is 0 Å². The van der Waals surface area contributed by atoms with Crippen molar-refractivity contribution in [3.05, 3.63) is 23.4 Å². The van der Waals surface area contributed by atoms with E-state index in [-0.39, 0.29) is 48.5 Å². The molecule has 3 rings (SSSR count). The van der Waals surface area contributed by atoms with Crippen LogP contribution in [0.25, 0.3) is 0 Å². The molecule has 0 aromatic carbocycles. The maximum Gasteiger partial charge on any atom is 0.317 e. The molecule has 2 heterocycles. The molecule has 1 saturated carbocycles. The number of nitrogens with one attached hydrogen (secondary N) is 1. The molecule has 1 aromatic heterocycles. The number of rotatable bonds is 6. The quantitative estimate of drug-likeness (QED) is 0.623. The molecule has 1 aliphatic heterocycles. The summed E-state index contributed by atoms with van der Waals surface area (Å²) in [6, 6.07) is 1.48. The average Bonchev–Trinajstić information content (AvgIpc) is 3.34. The predicted molar refractivity (Wildman–Crippen MR) is 131 cm³/mol. The number of fused-ring (bicyclic) bond motifs is 1. The highest BCUT2D eigenvalue weighted by atomic mass is 16.5. The van der Waals surface area contributed by atoms with Crippen LogP contribution in [-0.4, -0.2) is 76.8 Å². The maximum atomic E-state index is 13.4. The third-order valence-corrected chi connectivity index (χ3v) is 6.61. The molecule has 3 atom stereocenters. The summed E-state index contributed by atoms with van der Waals surface area (Å²) in [7, 11) is 1.76. The van der Waals surface area contributed by atoms with Crippen LogP contribution < -0.4 is 10.1 Å². The van der Waals surface area contributed by atoms with Crippen molar-refractivity contribution in [2.45, 2.75) is 77.5 Å². The first-order chi connectivity index (χ1) is 16.3. The zero-order valence-corrected chi connectivity index (χ0v) is 20.8. The fourth-order valence-electron chi connectivity index (χ4n) is 4.39. The third-order valence-electron chi connectivity index (χ3n) is 6.61. The van der Waals surface area contributed by atoms with Gasteiger partial charge < -0.3 is 25.0 Å². The Morgan fingerprint density at radius 2 is 2.15 bits per heavy atom. The van der Waals surface area contributed by atoms with E-state index in [0.29, 0.717) is 24.2 Å². The topological polar surface area (TPSA) is 95.0 Å². The Bertz CT molecular complexity index is 919. The number of aliphatic hydroxyl groups excluding tert-OH is 1. The van der Waals surface area contributed by atoms with E-state index in [4.69, 9.17) is 4.74 Å². The second-order valence-corrected chi connectivity index (χ2v) is 9.56. The van der Waals surface area contributed by atoms with Crippen molar-refractivity contribution in [2.75, 3.05) is 26.7 Å². The number of urea groups is 1. The van der Waals surface area contributed by atoms with Gasteiger partial charge in [-0.2, -0.15) is 0 Å². The molecule has 1 aromatic rings. The smallest absolute Gasteiger partial charge is 0.317 e. The number of unbranched alkanes of at least 4 members (excludes halogenated alkanes) is 1. The van der Waals surface area contributed by atoms with E-state index in [1.54, 1.807) is 29.1 Å². The van der Waals surface area contributed by atoms with E-state index in [1.807, 2.05) is 13.8 Å². The van der Waals surface area contributed by atoms with E-state index < -0.39 is 0 Å². The number of aliphatic hydroxyl groups is 1. The monoisotopic (exact) mass is 470 g/mol. The van der Waals surface area contributed by atoms with Crippen LogP contribution >= 0.6 is 0 Å². The van der Waals surface area contributed by atoms with Gasteiger partial charge in [0.25, 0.3) is 5.91 Å². The number of hydrogen-bond donors (Lipinski definition) is 2. The molecule has 3 amide bonds. The Balaban J connectivity index is 1.85. The first-order valence-electron chi connectivity index (χ1n) is 12.4. The van der Waals surface area contributed by atoms with Crippen molar-refractivity contribution >= 4 is 11.9 Å². The van der Waals surface area contributed by atoms with Crippen LogP contribution in [0.2, 0.25) is 0 Å². The van der Waals surface area contributed by atoms with Crippen molar-refractivity contribution in [1.82, 2.24) is 20.1 Å². The van der Waals surface area contributed by atoms with Gasteiger partial charge in [0, 0.05) is 43.7 Å². The minimum absolute atomic E-state index is 0.0846.